The minimum Gasteiger partial charge on any atom is -0.493 e. The van der Waals surface area contributed by atoms with Gasteiger partial charge >= 0.3 is 6.03 Å². The lowest BCUT2D eigenvalue weighted by molar-refractivity contribution is 0.262. The lowest BCUT2D eigenvalue weighted by Gasteiger charge is -2.11. The molecule has 0 atom stereocenters. The van der Waals surface area contributed by atoms with E-state index in [9.17, 15) is 4.79 Å². The highest BCUT2D eigenvalue weighted by atomic mass is 32.2. The number of hydrogen-bond acceptors (Lipinski definition) is 5. The van der Waals surface area contributed by atoms with Gasteiger partial charge in [0.2, 0.25) is 0 Å². The quantitative estimate of drug-likeness (QED) is 0.641. The van der Waals surface area contributed by atoms with Crippen LogP contribution in [0.1, 0.15) is 0 Å². The summed E-state index contributed by atoms with van der Waals surface area (Å²) in [6.45, 7) is 0. The number of urea groups is 1. The molecular formula is C16H15N3O3S. The number of carbonyl (C=O) groups excluding carboxylic acids is 1. The van der Waals surface area contributed by atoms with E-state index in [1.165, 1.54) is 7.11 Å². The van der Waals surface area contributed by atoms with E-state index in [0.717, 1.165) is 16.7 Å². The van der Waals surface area contributed by atoms with Crippen LogP contribution in [0.3, 0.4) is 0 Å². The zero-order chi connectivity index (χ0) is 16.7. The predicted molar refractivity (Wildman–Crippen MR) is 90.1 cm³/mol. The molecule has 2 amide bonds. The number of ether oxygens (including phenoxy) is 2. The average Bonchev–Trinajstić information content (AvgIpc) is 2.56. The summed E-state index contributed by atoms with van der Waals surface area (Å²) in [7, 11) is 3.08. The maximum absolute atomic E-state index is 12.0. The Hall–Kier alpha value is -2.85. The summed E-state index contributed by atoms with van der Waals surface area (Å²) in [5, 5.41) is 16.0. The summed E-state index contributed by atoms with van der Waals surface area (Å²) in [6, 6.07) is 11.7. The van der Waals surface area contributed by atoms with Gasteiger partial charge in [0.1, 0.15) is 5.40 Å². The highest BCUT2D eigenvalue weighted by Crippen LogP contribution is 2.29. The fourth-order valence-electron chi connectivity index (χ4n) is 1.87. The van der Waals surface area contributed by atoms with Crippen molar-refractivity contribution in [1.29, 1.82) is 5.26 Å². The number of thiocyanates is 1. The van der Waals surface area contributed by atoms with Crippen LogP contribution in [0.25, 0.3) is 0 Å². The zero-order valence-electron chi connectivity index (χ0n) is 12.6. The van der Waals surface area contributed by atoms with Gasteiger partial charge in [0.25, 0.3) is 0 Å². The molecule has 0 saturated heterocycles. The van der Waals surface area contributed by atoms with Crippen molar-refractivity contribution < 1.29 is 14.3 Å². The first-order valence-corrected chi connectivity index (χ1v) is 7.44. The van der Waals surface area contributed by atoms with Crippen LogP contribution in [0.5, 0.6) is 11.5 Å². The van der Waals surface area contributed by atoms with Gasteiger partial charge in [-0.05, 0) is 48.2 Å². The van der Waals surface area contributed by atoms with Crippen LogP contribution in [0.2, 0.25) is 0 Å². The maximum Gasteiger partial charge on any atom is 0.323 e. The van der Waals surface area contributed by atoms with Crippen LogP contribution in [0, 0.1) is 10.7 Å². The first kappa shape index (κ1) is 16.5. The van der Waals surface area contributed by atoms with E-state index < -0.39 is 0 Å². The van der Waals surface area contributed by atoms with Crippen molar-refractivity contribution in [2.24, 2.45) is 0 Å². The third-order valence-electron chi connectivity index (χ3n) is 2.92. The number of thioether (sulfide) groups is 1. The molecule has 0 aliphatic heterocycles. The predicted octanol–water partition coefficient (Wildman–Crippen LogP) is 3.92. The Kier molecular flexibility index (Phi) is 5.72. The molecule has 0 aromatic heterocycles. The minimum absolute atomic E-state index is 0.377. The molecule has 6 nitrogen and oxygen atoms in total. The van der Waals surface area contributed by atoms with Crippen LogP contribution in [0.4, 0.5) is 16.2 Å². The normalized spacial score (nSPS) is 9.61. The molecule has 0 bridgehead atoms. The number of anilines is 2. The van der Waals surface area contributed by atoms with E-state index >= 15 is 0 Å². The maximum atomic E-state index is 12.0. The number of nitriles is 1. The van der Waals surface area contributed by atoms with E-state index in [0.29, 0.717) is 22.9 Å². The second-order valence-electron chi connectivity index (χ2n) is 4.37. The number of rotatable bonds is 5. The molecule has 2 aromatic rings. The van der Waals surface area contributed by atoms with Crippen molar-refractivity contribution >= 4 is 29.2 Å². The van der Waals surface area contributed by atoms with Crippen LogP contribution in [-0.2, 0) is 0 Å². The molecule has 0 aliphatic rings. The molecule has 0 spiro atoms. The molecule has 0 heterocycles. The number of benzene rings is 2. The second-order valence-corrected chi connectivity index (χ2v) is 5.22. The molecule has 0 radical (unpaired) electrons. The van der Waals surface area contributed by atoms with Gasteiger partial charge in [0.15, 0.2) is 11.5 Å². The third-order valence-corrected chi connectivity index (χ3v) is 3.52. The smallest absolute Gasteiger partial charge is 0.323 e. The Bertz CT molecular complexity index is 726. The molecule has 118 valence electrons. The number of nitrogens with zero attached hydrogens (tertiary/aromatic N) is 1. The van der Waals surface area contributed by atoms with Gasteiger partial charge in [-0.2, -0.15) is 5.26 Å². The Morgan fingerprint density at radius 2 is 1.61 bits per heavy atom. The van der Waals surface area contributed by atoms with Crippen molar-refractivity contribution in [1.82, 2.24) is 0 Å². The van der Waals surface area contributed by atoms with Crippen molar-refractivity contribution in [3.8, 4) is 16.9 Å². The Morgan fingerprint density at radius 3 is 2.22 bits per heavy atom. The lowest BCUT2D eigenvalue weighted by atomic mass is 10.2. The first-order chi connectivity index (χ1) is 11.2. The van der Waals surface area contributed by atoms with E-state index in [-0.39, 0.29) is 6.03 Å². The minimum atomic E-state index is -0.377. The molecule has 7 heteroatoms. The molecule has 2 rings (SSSR count). The second kappa shape index (κ2) is 7.96. The van der Waals surface area contributed by atoms with E-state index in [4.69, 9.17) is 14.7 Å². The average molecular weight is 329 g/mol. The van der Waals surface area contributed by atoms with Crippen molar-refractivity contribution in [2.45, 2.75) is 4.90 Å². The third kappa shape index (κ3) is 4.56. The molecule has 0 saturated carbocycles. The standard InChI is InChI=1S/C16H15N3O3S/c1-21-14-8-5-12(9-15(14)22-2)19-16(20)18-11-3-6-13(7-4-11)23-10-17/h3-9H,1-2H3,(H2,18,19,20). The van der Waals surface area contributed by atoms with Gasteiger partial charge in [-0.3, -0.25) is 0 Å². The van der Waals surface area contributed by atoms with Crippen LogP contribution in [-0.4, -0.2) is 20.3 Å². The SMILES string of the molecule is COc1ccc(NC(=O)Nc2ccc(SC#N)cc2)cc1OC. The molecule has 2 aromatic carbocycles. The summed E-state index contributed by atoms with van der Waals surface area (Å²) in [6.07, 6.45) is 0. The van der Waals surface area contributed by atoms with Gasteiger partial charge in [0.05, 0.1) is 14.2 Å². The van der Waals surface area contributed by atoms with Crippen LogP contribution < -0.4 is 20.1 Å². The van der Waals surface area contributed by atoms with Gasteiger partial charge in [-0.25, -0.2) is 4.79 Å². The van der Waals surface area contributed by atoms with Gasteiger partial charge < -0.3 is 20.1 Å². The van der Waals surface area contributed by atoms with Gasteiger partial charge in [-0.15, -0.1) is 0 Å². The highest BCUT2D eigenvalue weighted by molar-refractivity contribution is 8.03. The molecule has 2 N–H and O–H groups in total. The van der Waals surface area contributed by atoms with Gasteiger partial charge in [-0.1, -0.05) is 0 Å². The number of methoxy groups -OCH3 is 2. The topological polar surface area (TPSA) is 83.4 Å². The van der Waals surface area contributed by atoms with E-state index in [1.54, 1.807) is 49.6 Å². The summed E-state index contributed by atoms with van der Waals surface area (Å²) in [4.78, 5) is 12.8. The summed E-state index contributed by atoms with van der Waals surface area (Å²) >= 11 is 1.06. The summed E-state index contributed by atoms with van der Waals surface area (Å²) in [5.41, 5.74) is 1.21. The van der Waals surface area contributed by atoms with Gasteiger partial charge in [0, 0.05) is 22.3 Å². The number of nitrogens with one attached hydrogen (secondary N) is 2. The Balaban J connectivity index is 2.00. The number of hydrogen-bond donors (Lipinski definition) is 2. The first-order valence-electron chi connectivity index (χ1n) is 6.62. The summed E-state index contributed by atoms with van der Waals surface area (Å²) in [5.74, 6) is 1.12. The van der Waals surface area contributed by atoms with Crippen molar-refractivity contribution in [3.63, 3.8) is 0 Å². The molecule has 0 fully saturated rings. The van der Waals surface area contributed by atoms with Crippen molar-refractivity contribution in [3.05, 3.63) is 42.5 Å². The van der Waals surface area contributed by atoms with Crippen LogP contribution in [0.15, 0.2) is 47.4 Å². The molecular weight excluding hydrogens is 314 g/mol. The highest BCUT2D eigenvalue weighted by Gasteiger charge is 2.07. The molecule has 0 unspecified atom stereocenters. The van der Waals surface area contributed by atoms with Crippen molar-refractivity contribution in [2.75, 3.05) is 24.9 Å². The van der Waals surface area contributed by atoms with E-state index in [2.05, 4.69) is 10.6 Å². The Morgan fingerprint density at radius 1 is 1.00 bits per heavy atom. The fourth-order valence-corrected chi connectivity index (χ4v) is 2.24. The fraction of sp³-hybridized carbons (Fsp3) is 0.125. The monoisotopic (exact) mass is 329 g/mol. The Labute approximate surface area is 138 Å². The largest absolute Gasteiger partial charge is 0.493 e. The number of amides is 2. The van der Waals surface area contributed by atoms with E-state index in [1.807, 2.05) is 5.40 Å². The molecule has 0 aliphatic carbocycles. The summed E-state index contributed by atoms with van der Waals surface area (Å²) < 4.78 is 10.3. The zero-order valence-corrected chi connectivity index (χ0v) is 13.4. The van der Waals surface area contributed by atoms with Crippen LogP contribution >= 0.6 is 11.8 Å². The lowest BCUT2D eigenvalue weighted by Crippen LogP contribution is -2.19. The molecule has 23 heavy (non-hydrogen) atoms. The number of carbonyl (C=O) groups is 1.